The smallest absolute Gasteiger partial charge is 0.178 e. The van der Waals surface area contributed by atoms with Gasteiger partial charge in [0.1, 0.15) is 0 Å². The highest BCUT2D eigenvalue weighted by Gasteiger charge is 2.27. The average Bonchev–Trinajstić information content (AvgIpc) is 2.71. The number of H-pyrrole nitrogens is 1. The van der Waals surface area contributed by atoms with E-state index in [0.717, 1.165) is 6.42 Å². The van der Waals surface area contributed by atoms with E-state index in [1.165, 1.54) is 13.2 Å². The van der Waals surface area contributed by atoms with Crippen LogP contribution in [0.1, 0.15) is 18.9 Å². The van der Waals surface area contributed by atoms with Crippen LogP contribution in [0.15, 0.2) is 12.1 Å². The van der Waals surface area contributed by atoms with Crippen molar-refractivity contribution in [2.24, 2.45) is 0 Å². The zero-order valence-corrected chi connectivity index (χ0v) is 13.1. The van der Waals surface area contributed by atoms with E-state index in [9.17, 15) is 12.8 Å². The minimum Gasteiger partial charge on any atom is -0.494 e. The van der Waals surface area contributed by atoms with Crippen LogP contribution >= 0.6 is 12.2 Å². The van der Waals surface area contributed by atoms with Gasteiger partial charge in [-0.3, -0.25) is 0 Å². The maximum atomic E-state index is 13.7. The lowest BCUT2D eigenvalue weighted by Crippen LogP contribution is -2.27. The molecule has 1 aromatic carbocycles. The molecule has 0 bridgehead atoms. The summed E-state index contributed by atoms with van der Waals surface area (Å²) >= 11 is 5.28. The maximum absolute atomic E-state index is 13.7. The summed E-state index contributed by atoms with van der Waals surface area (Å²) in [4.78, 5) is 2.93. The Kier molecular flexibility index (Phi) is 3.53. The second-order valence-electron chi connectivity index (χ2n) is 5.21. The number of ether oxygens (including phenoxy) is 1. The minimum absolute atomic E-state index is 0.0634. The molecule has 8 heteroatoms. The molecule has 0 radical (unpaired) electrons. The van der Waals surface area contributed by atoms with Crippen molar-refractivity contribution in [3.05, 3.63) is 22.7 Å². The zero-order valence-electron chi connectivity index (χ0n) is 11.4. The summed E-state index contributed by atoms with van der Waals surface area (Å²) in [5.41, 5.74) is 1.21. The van der Waals surface area contributed by atoms with Crippen LogP contribution in [-0.4, -0.2) is 36.6 Å². The summed E-state index contributed by atoms with van der Waals surface area (Å²) in [7, 11) is -1.66. The molecule has 114 valence electrons. The van der Waals surface area contributed by atoms with Gasteiger partial charge in [0.25, 0.3) is 0 Å². The second-order valence-corrected chi connectivity index (χ2v) is 7.83. The van der Waals surface area contributed by atoms with Crippen LogP contribution in [0.2, 0.25) is 0 Å². The first kappa shape index (κ1) is 14.5. The van der Waals surface area contributed by atoms with Crippen molar-refractivity contribution in [2.75, 3.05) is 18.6 Å². The number of aromatic nitrogens is 2. The molecule has 1 saturated heterocycles. The van der Waals surface area contributed by atoms with Gasteiger partial charge in [-0.2, -0.15) is 0 Å². The number of methoxy groups -OCH3 is 1. The van der Waals surface area contributed by atoms with E-state index < -0.39 is 15.7 Å². The summed E-state index contributed by atoms with van der Waals surface area (Å²) in [6.45, 7) is 0. The molecule has 0 amide bonds. The predicted octanol–water partition coefficient (Wildman–Crippen LogP) is 2.60. The van der Waals surface area contributed by atoms with Crippen LogP contribution < -0.4 is 4.74 Å². The molecule has 1 aliphatic rings. The lowest BCUT2D eigenvalue weighted by Gasteiger charge is -2.24. The first-order valence-electron chi connectivity index (χ1n) is 6.59. The van der Waals surface area contributed by atoms with E-state index >= 15 is 0 Å². The number of fused-ring (bicyclic) bond motifs is 1. The number of hydrogen-bond donors (Lipinski definition) is 1. The van der Waals surface area contributed by atoms with Gasteiger partial charge >= 0.3 is 0 Å². The number of sulfone groups is 1. The van der Waals surface area contributed by atoms with E-state index in [4.69, 9.17) is 17.0 Å². The Morgan fingerprint density at radius 3 is 2.90 bits per heavy atom. The minimum atomic E-state index is -3.05. The van der Waals surface area contributed by atoms with Crippen molar-refractivity contribution in [3.8, 4) is 5.75 Å². The molecule has 0 aliphatic carbocycles. The summed E-state index contributed by atoms with van der Waals surface area (Å²) in [5.74, 6) is -0.0842. The zero-order chi connectivity index (χ0) is 15.2. The molecule has 1 unspecified atom stereocenters. The van der Waals surface area contributed by atoms with Gasteiger partial charge in [0.15, 0.2) is 26.2 Å². The van der Waals surface area contributed by atoms with Crippen LogP contribution in [-0.2, 0) is 9.84 Å². The fourth-order valence-corrected chi connectivity index (χ4v) is 4.88. The molecule has 1 aliphatic heterocycles. The third-order valence-electron chi connectivity index (χ3n) is 3.79. The van der Waals surface area contributed by atoms with Gasteiger partial charge < -0.3 is 14.3 Å². The molecule has 1 fully saturated rings. The first-order chi connectivity index (χ1) is 9.91. The van der Waals surface area contributed by atoms with Gasteiger partial charge in [0.2, 0.25) is 0 Å². The highest BCUT2D eigenvalue weighted by molar-refractivity contribution is 7.91. The van der Waals surface area contributed by atoms with Gasteiger partial charge in [-0.15, -0.1) is 0 Å². The van der Waals surface area contributed by atoms with Crippen LogP contribution in [0.5, 0.6) is 5.75 Å². The number of imidazole rings is 1. The highest BCUT2D eigenvalue weighted by atomic mass is 32.2. The number of nitrogens with one attached hydrogen (secondary N) is 1. The molecule has 1 atom stereocenters. The lowest BCUT2D eigenvalue weighted by molar-refractivity contribution is 0.387. The van der Waals surface area contributed by atoms with E-state index in [1.807, 2.05) is 0 Å². The Morgan fingerprint density at radius 2 is 2.24 bits per heavy atom. The molecular formula is C13H15FN2O3S2. The highest BCUT2D eigenvalue weighted by Crippen LogP contribution is 2.30. The summed E-state index contributed by atoms with van der Waals surface area (Å²) < 4.78 is 44.6. The molecule has 1 aromatic heterocycles. The van der Waals surface area contributed by atoms with Crippen molar-refractivity contribution >= 4 is 33.1 Å². The monoisotopic (exact) mass is 330 g/mol. The molecule has 0 saturated carbocycles. The van der Waals surface area contributed by atoms with Crippen LogP contribution in [0, 0.1) is 10.6 Å². The first-order valence-corrected chi connectivity index (χ1v) is 8.82. The second kappa shape index (κ2) is 5.10. The quantitative estimate of drug-likeness (QED) is 0.860. The Bertz CT molecular complexity index is 854. The van der Waals surface area contributed by atoms with Crippen molar-refractivity contribution in [1.82, 2.24) is 9.55 Å². The average molecular weight is 330 g/mol. The van der Waals surface area contributed by atoms with Crippen molar-refractivity contribution in [2.45, 2.75) is 18.9 Å². The standard InChI is InChI=1S/C13H15FN2O3S2/c1-19-12-6-11-10(5-9(12)14)15-13(20)16(11)8-3-2-4-21(17,18)7-8/h5-6,8H,2-4,7H2,1H3,(H,15,20). The van der Waals surface area contributed by atoms with Crippen LogP contribution in [0.3, 0.4) is 0 Å². The normalized spacial score (nSPS) is 21.5. The van der Waals surface area contributed by atoms with E-state index in [2.05, 4.69) is 4.98 Å². The van der Waals surface area contributed by atoms with Crippen molar-refractivity contribution in [1.29, 1.82) is 0 Å². The third-order valence-corrected chi connectivity index (χ3v) is 5.90. The van der Waals surface area contributed by atoms with E-state index in [0.29, 0.717) is 22.2 Å². The summed E-state index contributed by atoms with van der Waals surface area (Å²) in [6.07, 6.45) is 1.35. The SMILES string of the molecule is COc1cc2c(cc1F)[nH]c(=S)n2C1CCCS(=O)(=O)C1. The lowest BCUT2D eigenvalue weighted by atomic mass is 10.1. The number of hydrogen-bond acceptors (Lipinski definition) is 4. The van der Waals surface area contributed by atoms with E-state index in [-0.39, 0.29) is 23.3 Å². The Labute approximate surface area is 126 Å². The number of aromatic amines is 1. The number of benzene rings is 1. The van der Waals surface area contributed by atoms with Crippen LogP contribution in [0.25, 0.3) is 11.0 Å². The molecule has 5 nitrogen and oxygen atoms in total. The Balaban J connectivity index is 2.18. The van der Waals surface area contributed by atoms with Crippen LogP contribution in [0.4, 0.5) is 4.39 Å². The summed E-state index contributed by atoms with van der Waals surface area (Å²) in [6, 6.07) is 2.65. The molecule has 3 rings (SSSR count). The predicted molar refractivity (Wildman–Crippen MR) is 80.6 cm³/mol. The Morgan fingerprint density at radius 1 is 1.48 bits per heavy atom. The molecule has 21 heavy (non-hydrogen) atoms. The van der Waals surface area contributed by atoms with Crippen molar-refractivity contribution < 1.29 is 17.5 Å². The number of rotatable bonds is 2. The number of nitrogens with zero attached hydrogens (tertiary/aromatic N) is 1. The number of halogens is 1. The van der Waals surface area contributed by atoms with Gasteiger partial charge in [-0.25, -0.2) is 12.8 Å². The van der Waals surface area contributed by atoms with Gasteiger partial charge in [-0.1, -0.05) is 0 Å². The van der Waals surface area contributed by atoms with Gasteiger partial charge in [-0.05, 0) is 25.1 Å². The topological polar surface area (TPSA) is 64.1 Å². The van der Waals surface area contributed by atoms with E-state index in [1.54, 1.807) is 10.6 Å². The fraction of sp³-hybridized carbons (Fsp3) is 0.462. The van der Waals surface area contributed by atoms with Crippen molar-refractivity contribution in [3.63, 3.8) is 0 Å². The molecule has 2 aromatic rings. The molecule has 1 N–H and O–H groups in total. The molecular weight excluding hydrogens is 315 g/mol. The third kappa shape index (κ3) is 2.57. The fourth-order valence-electron chi connectivity index (χ4n) is 2.85. The Hall–Kier alpha value is -1.41. The molecule has 0 spiro atoms. The summed E-state index contributed by atoms with van der Waals surface area (Å²) in [5, 5.41) is 0. The maximum Gasteiger partial charge on any atom is 0.178 e. The van der Waals surface area contributed by atoms with Gasteiger partial charge in [0, 0.05) is 12.1 Å². The largest absolute Gasteiger partial charge is 0.494 e. The molecule has 2 heterocycles. The van der Waals surface area contributed by atoms with Gasteiger partial charge in [0.05, 0.1) is 35.7 Å².